The van der Waals surface area contributed by atoms with E-state index in [0.717, 1.165) is 42.0 Å². The number of carbonyl (C=O) groups excluding carboxylic acids is 1. The Morgan fingerprint density at radius 2 is 1.88 bits per heavy atom. The third-order valence-electron chi connectivity index (χ3n) is 4.70. The van der Waals surface area contributed by atoms with Gasteiger partial charge in [0.1, 0.15) is 5.82 Å². The van der Waals surface area contributed by atoms with Crippen LogP contribution < -0.4 is 15.1 Å². The molecule has 3 rings (SSSR count). The van der Waals surface area contributed by atoms with Crippen molar-refractivity contribution in [3.63, 3.8) is 0 Å². The van der Waals surface area contributed by atoms with E-state index in [1.54, 1.807) is 0 Å². The summed E-state index contributed by atoms with van der Waals surface area (Å²) < 4.78 is 14.0. The molecule has 2 aromatic carbocycles. The van der Waals surface area contributed by atoms with Crippen LogP contribution >= 0.6 is 15.9 Å². The summed E-state index contributed by atoms with van der Waals surface area (Å²) >= 11 is 3.41. The first-order valence-corrected chi connectivity index (χ1v) is 9.24. The zero-order chi connectivity index (χ0) is 17.8. The maximum absolute atomic E-state index is 13.0. The van der Waals surface area contributed by atoms with Crippen LogP contribution in [0.25, 0.3) is 0 Å². The van der Waals surface area contributed by atoms with Gasteiger partial charge in [0, 0.05) is 15.8 Å². The van der Waals surface area contributed by atoms with Gasteiger partial charge in [0.15, 0.2) is 6.04 Å². The third-order valence-corrected chi connectivity index (χ3v) is 5.19. The highest BCUT2D eigenvalue weighted by Gasteiger charge is 2.29. The summed E-state index contributed by atoms with van der Waals surface area (Å²) in [7, 11) is 0. The number of halogens is 2. The first-order valence-electron chi connectivity index (χ1n) is 8.44. The first kappa shape index (κ1) is 17.9. The smallest absolute Gasteiger partial charge is 0.282 e. The molecule has 25 heavy (non-hydrogen) atoms. The van der Waals surface area contributed by atoms with Crippen LogP contribution in [0.1, 0.15) is 6.92 Å². The van der Waals surface area contributed by atoms with Crippen LogP contribution in [0.4, 0.5) is 15.8 Å². The lowest BCUT2D eigenvalue weighted by atomic mass is 10.2. The number of hydrogen-bond donors (Lipinski definition) is 2. The standard InChI is InChI=1S/C19H21BrFN3O/c1-14(19(25)22-17-4-2-3-15(20)13-17)23-9-11-24(12-10-23)18-7-5-16(21)6-8-18/h2-8,13-14H,9-12H2,1H3,(H,22,25)/p+1/t14-/m1/s1. The van der Waals surface area contributed by atoms with Crippen molar-refractivity contribution in [3.8, 4) is 0 Å². The maximum Gasteiger partial charge on any atom is 0.282 e. The number of piperazine rings is 1. The third kappa shape index (κ3) is 4.58. The Morgan fingerprint density at radius 3 is 2.52 bits per heavy atom. The lowest BCUT2D eigenvalue weighted by Crippen LogP contribution is -3.19. The summed E-state index contributed by atoms with van der Waals surface area (Å²) in [4.78, 5) is 16.0. The van der Waals surface area contributed by atoms with Gasteiger partial charge in [0.25, 0.3) is 5.91 Å². The number of amides is 1. The second-order valence-electron chi connectivity index (χ2n) is 6.34. The molecule has 4 nitrogen and oxygen atoms in total. The lowest BCUT2D eigenvalue weighted by Gasteiger charge is -2.36. The molecular formula is C19H22BrFN3O+. The summed E-state index contributed by atoms with van der Waals surface area (Å²) in [6.45, 7) is 5.44. The highest BCUT2D eigenvalue weighted by Crippen LogP contribution is 2.16. The number of anilines is 2. The molecule has 1 amide bonds. The van der Waals surface area contributed by atoms with Crippen molar-refractivity contribution in [1.29, 1.82) is 0 Å². The highest BCUT2D eigenvalue weighted by atomic mass is 79.9. The van der Waals surface area contributed by atoms with E-state index < -0.39 is 0 Å². The van der Waals surface area contributed by atoms with E-state index in [1.165, 1.54) is 17.0 Å². The average molecular weight is 407 g/mol. The summed E-state index contributed by atoms with van der Waals surface area (Å²) in [5.74, 6) is -0.186. The second kappa shape index (κ2) is 7.97. The Bertz CT molecular complexity index is 730. The van der Waals surface area contributed by atoms with Gasteiger partial charge in [-0.15, -0.1) is 0 Å². The molecule has 1 fully saturated rings. The number of rotatable bonds is 4. The van der Waals surface area contributed by atoms with E-state index in [-0.39, 0.29) is 17.8 Å². The molecule has 1 atom stereocenters. The summed E-state index contributed by atoms with van der Waals surface area (Å²) in [6.07, 6.45) is 0. The van der Waals surface area contributed by atoms with Crippen LogP contribution in [-0.2, 0) is 4.79 Å². The first-order chi connectivity index (χ1) is 12.0. The van der Waals surface area contributed by atoms with Crippen molar-refractivity contribution < 1.29 is 14.1 Å². The van der Waals surface area contributed by atoms with Crippen molar-refractivity contribution >= 4 is 33.2 Å². The Labute approximate surface area is 155 Å². The normalized spacial score (nSPS) is 16.5. The summed E-state index contributed by atoms with van der Waals surface area (Å²) in [6, 6.07) is 14.1. The summed E-state index contributed by atoms with van der Waals surface area (Å²) in [5, 5.41) is 2.98. The molecule has 1 heterocycles. The van der Waals surface area contributed by atoms with Gasteiger partial charge in [0.2, 0.25) is 0 Å². The maximum atomic E-state index is 13.0. The fourth-order valence-electron chi connectivity index (χ4n) is 3.14. The molecule has 0 radical (unpaired) electrons. The van der Waals surface area contributed by atoms with Gasteiger partial charge in [-0.2, -0.15) is 0 Å². The molecular weight excluding hydrogens is 385 g/mol. The Morgan fingerprint density at radius 1 is 1.20 bits per heavy atom. The van der Waals surface area contributed by atoms with Crippen molar-refractivity contribution in [2.24, 2.45) is 0 Å². The van der Waals surface area contributed by atoms with Gasteiger partial charge in [-0.25, -0.2) is 4.39 Å². The van der Waals surface area contributed by atoms with E-state index >= 15 is 0 Å². The fourth-order valence-corrected chi connectivity index (χ4v) is 3.54. The fraction of sp³-hybridized carbons (Fsp3) is 0.316. The average Bonchev–Trinajstić information content (AvgIpc) is 2.62. The Hall–Kier alpha value is -1.92. The molecule has 0 bridgehead atoms. The molecule has 0 spiro atoms. The molecule has 0 unspecified atom stereocenters. The van der Waals surface area contributed by atoms with Gasteiger partial charge in [0.05, 0.1) is 26.2 Å². The van der Waals surface area contributed by atoms with Gasteiger partial charge >= 0.3 is 0 Å². The summed E-state index contributed by atoms with van der Waals surface area (Å²) in [5.41, 5.74) is 1.84. The molecule has 132 valence electrons. The van der Waals surface area contributed by atoms with E-state index in [0.29, 0.717) is 0 Å². The molecule has 1 saturated heterocycles. The molecule has 6 heteroatoms. The number of nitrogens with zero attached hydrogens (tertiary/aromatic N) is 1. The minimum Gasteiger partial charge on any atom is -0.360 e. The quantitative estimate of drug-likeness (QED) is 0.817. The van der Waals surface area contributed by atoms with E-state index in [1.807, 2.05) is 43.3 Å². The van der Waals surface area contributed by atoms with Crippen LogP contribution in [0.15, 0.2) is 53.0 Å². The lowest BCUT2D eigenvalue weighted by molar-refractivity contribution is -0.914. The van der Waals surface area contributed by atoms with Crippen molar-refractivity contribution in [1.82, 2.24) is 0 Å². The van der Waals surface area contributed by atoms with Gasteiger partial charge in [-0.3, -0.25) is 4.79 Å². The Kier molecular flexibility index (Phi) is 5.71. The van der Waals surface area contributed by atoms with Crippen molar-refractivity contribution in [3.05, 3.63) is 58.8 Å². The molecule has 1 aliphatic heterocycles. The van der Waals surface area contributed by atoms with Gasteiger partial charge in [-0.05, 0) is 49.4 Å². The van der Waals surface area contributed by atoms with Crippen LogP contribution in [0, 0.1) is 5.82 Å². The number of quaternary nitrogens is 1. The predicted octanol–water partition coefficient (Wildman–Crippen LogP) is 2.32. The molecule has 0 saturated carbocycles. The zero-order valence-corrected chi connectivity index (χ0v) is 15.7. The highest BCUT2D eigenvalue weighted by molar-refractivity contribution is 9.10. The SMILES string of the molecule is C[C@H](C(=O)Nc1cccc(Br)c1)[NH+]1CCN(c2ccc(F)cc2)CC1. The second-order valence-corrected chi connectivity index (χ2v) is 7.26. The predicted molar refractivity (Wildman–Crippen MR) is 102 cm³/mol. The van der Waals surface area contributed by atoms with E-state index in [2.05, 4.69) is 26.1 Å². The van der Waals surface area contributed by atoms with E-state index in [9.17, 15) is 9.18 Å². The zero-order valence-electron chi connectivity index (χ0n) is 14.1. The van der Waals surface area contributed by atoms with Crippen LogP contribution in [0.2, 0.25) is 0 Å². The van der Waals surface area contributed by atoms with Crippen LogP contribution in [-0.4, -0.2) is 38.1 Å². The van der Waals surface area contributed by atoms with E-state index in [4.69, 9.17) is 0 Å². The molecule has 1 aliphatic rings. The topological polar surface area (TPSA) is 36.8 Å². The number of carbonyl (C=O) groups is 1. The number of hydrogen-bond acceptors (Lipinski definition) is 2. The molecule has 0 aromatic heterocycles. The van der Waals surface area contributed by atoms with Crippen molar-refractivity contribution in [2.75, 3.05) is 36.4 Å². The number of nitrogens with one attached hydrogen (secondary N) is 2. The molecule has 2 N–H and O–H groups in total. The van der Waals surface area contributed by atoms with Crippen molar-refractivity contribution in [2.45, 2.75) is 13.0 Å². The number of benzene rings is 2. The largest absolute Gasteiger partial charge is 0.360 e. The van der Waals surface area contributed by atoms with Gasteiger partial charge < -0.3 is 15.1 Å². The molecule has 0 aliphatic carbocycles. The Balaban J connectivity index is 1.54. The molecule has 2 aromatic rings. The minimum atomic E-state index is -0.217. The van der Waals surface area contributed by atoms with Gasteiger partial charge in [-0.1, -0.05) is 22.0 Å². The monoisotopic (exact) mass is 406 g/mol. The minimum absolute atomic E-state index is 0.0309. The van der Waals surface area contributed by atoms with Crippen LogP contribution in [0.5, 0.6) is 0 Å². The van der Waals surface area contributed by atoms with Crippen LogP contribution in [0.3, 0.4) is 0 Å².